The second-order valence-electron chi connectivity index (χ2n) is 3.04. The third-order valence-corrected chi connectivity index (χ3v) is 2.59. The van der Waals surface area contributed by atoms with Crippen LogP contribution < -0.4 is 0 Å². The zero-order chi connectivity index (χ0) is 9.40. The van der Waals surface area contributed by atoms with Crippen LogP contribution in [0.25, 0.3) is 0 Å². The van der Waals surface area contributed by atoms with Gasteiger partial charge in [0, 0.05) is 12.2 Å². The molecule has 0 radical (unpaired) electrons. The average molecular weight is 190 g/mol. The van der Waals surface area contributed by atoms with E-state index >= 15 is 0 Å². The van der Waals surface area contributed by atoms with Crippen molar-refractivity contribution in [2.75, 3.05) is 18.1 Å². The van der Waals surface area contributed by atoms with E-state index < -0.39 is 0 Å². The van der Waals surface area contributed by atoms with Crippen LogP contribution in [-0.4, -0.2) is 24.1 Å². The number of thioether (sulfide) groups is 1. The first-order chi connectivity index (χ1) is 5.66. The summed E-state index contributed by atoms with van der Waals surface area (Å²) in [6.07, 6.45) is 0.481. The second kappa shape index (κ2) is 7.47. The van der Waals surface area contributed by atoms with Crippen LogP contribution in [0.1, 0.15) is 27.2 Å². The van der Waals surface area contributed by atoms with E-state index in [9.17, 15) is 4.79 Å². The Kier molecular flexibility index (Phi) is 7.36. The molecular weight excluding hydrogens is 172 g/mol. The van der Waals surface area contributed by atoms with Gasteiger partial charge in [0.25, 0.3) is 0 Å². The minimum atomic E-state index is -0.0971. The van der Waals surface area contributed by atoms with Crippen LogP contribution in [0.5, 0.6) is 0 Å². The monoisotopic (exact) mass is 190 g/mol. The first kappa shape index (κ1) is 11.8. The van der Waals surface area contributed by atoms with Gasteiger partial charge in [-0.3, -0.25) is 4.79 Å². The van der Waals surface area contributed by atoms with Crippen molar-refractivity contribution >= 4 is 17.7 Å². The largest absolute Gasteiger partial charge is 0.465 e. The average Bonchev–Trinajstić information content (AvgIpc) is 2.03. The molecular formula is C9H18O2S. The number of hydrogen-bond acceptors (Lipinski definition) is 3. The normalized spacial score (nSPS) is 10.3. The summed E-state index contributed by atoms with van der Waals surface area (Å²) in [6, 6.07) is 0. The predicted octanol–water partition coefficient (Wildman–Crippen LogP) is 2.33. The highest BCUT2D eigenvalue weighted by atomic mass is 32.2. The van der Waals surface area contributed by atoms with Gasteiger partial charge in [-0.05, 0) is 11.7 Å². The van der Waals surface area contributed by atoms with Gasteiger partial charge in [0.05, 0.1) is 0 Å². The molecule has 0 saturated heterocycles. The molecule has 0 atom stereocenters. The second-order valence-corrected chi connectivity index (χ2v) is 4.19. The summed E-state index contributed by atoms with van der Waals surface area (Å²) in [5.74, 6) is 2.69. The van der Waals surface area contributed by atoms with E-state index in [-0.39, 0.29) is 5.97 Å². The zero-order valence-electron chi connectivity index (χ0n) is 8.13. The van der Waals surface area contributed by atoms with Crippen molar-refractivity contribution < 1.29 is 9.53 Å². The summed E-state index contributed by atoms with van der Waals surface area (Å²) in [5, 5.41) is 0. The van der Waals surface area contributed by atoms with Crippen molar-refractivity contribution in [1.82, 2.24) is 0 Å². The van der Waals surface area contributed by atoms with Gasteiger partial charge >= 0.3 is 5.97 Å². The molecule has 0 fully saturated rings. The lowest BCUT2D eigenvalue weighted by Crippen LogP contribution is -2.06. The van der Waals surface area contributed by atoms with Crippen molar-refractivity contribution in [3.05, 3.63) is 0 Å². The van der Waals surface area contributed by atoms with Gasteiger partial charge in [-0.1, -0.05) is 20.8 Å². The van der Waals surface area contributed by atoms with Gasteiger partial charge in [0.2, 0.25) is 0 Å². The minimum Gasteiger partial charge on any atom is -0.465 e. The molecule has 0 N–H and O–H groups in total. The van der Waals surface area contributed by atoms with E-state index in [1.807, 2.05) is 18.7 Å². The summed E-state index contributed by atoms with van der Waals surface area (Å²) in [7, 11) is 0. The maximum absolute atomic E-state index is 10.7. The fourth-order valence-corrected chi connectivity index (χ4v) is 1.47. The van der Waals surface area contributed by atoms with Gasteiger partial charge in [-0.2, -0.15) is 11.8 Å². The van der Waals surface area contributed by atoms with Gasteiger partial charge in [0.1, 0.15) is 6.61 Å². The van der Waals surface area contributed by atoms with Gasteiger partial charge in [-0.25, -0.2) is 0 Å². The maximum atomic E-state index is 10.7. The van der Waals surface area contributed by atoms with E-state index in [0.29, 0.717) is 13.0 Å². The van der Waals surface area contributed by atoms with E-state index in [0.717, 1.165) is 17.4 Å². The van der Waals surface area contributed by atoms with Crippen molar-refractivity contribution in [2.24, 2.45) is 5.92 Å². The van der Waals surface area contributed by atoms with Gasteiger partial charge in [0.15, 0.2) is 0 Å². The van der Waals surface area contributed by atoms with Crippen LogP contribution in [0.2, 0.25) is 0 Å². The van der Waals surface area contributed by atoms with Gasteiger partial charge < -0.3 is 4.74 Å². The molecule has 12 heavy (non-hydrogen) atoms. The third kappa shape index (κ3) is 7.92. The minimum absolute atomic E-state index is 0.0971. The Morgan fingerprint density at radius 1 is 1.50 bits per heavy atom. The Balaban J connectivity index is 3.05. The number of hydrogen-bond donors (Lipinski definition) is 0. The van der Waals surface area contributed by atoms with Crippen molar-refractivity contribution in [3.8, 4) is 0 Å². The van der Waals surface area contributed by atoms with Crippen LogP contribution in [0.15, 0.2) is 0 Å². The van der Waals surface area contributed by atoms with E-state index in [2.05, 4.69) is 13.8 Å². The van der Waals surface area contributed by atoms with Crippen LogP contribution in [0.4, 0.5) is 0 Å². The summed E-state index contributed by atoms with van der Waals surface area (Å²) in [5.41, 5.74) is 0. The molecule has 0 spiro atoms. The molecule has 0 aliphatic heterocycles. The summed E-state index contributed by atoms with van der Waals surface area (Å²) in [4.78, 5) is 10.7. The summed E-state index contributed by atoms with van der Waals surface area (Å²) >= 11 is 1.84. The van der Waals surface area contributed by atoms with Crippen molar-refractivity contribution in [2.45, 2.75) is 27.2 Å². The van der Waals surface area contributed by atoms with Crippen LogP contribution in [-0.2, 0) is 9.53 Å². The Morgan fingerprint density at radius 2 is 2.17 bits per heavy atom. The molecule has 72 valence electrons. The summed E-state index contributed by atoms with van der Waals surface area (Å²) in [6.45, 7) is 6.74. The summed E-state index contributed by atoms with van der Waals surface area (Å²) < 4.78 is 4.91. The molecule has 0 unspecified atom stereocenters. The molecule has 0 heterocycles. The Morgan fingerprint density at radius 3 is 2.67 bits per heavy atom. The molecule has 0 aliphatic carbocycles. The maximum Gasteiger partial charge on any atom is 0.305 e. The highest BCUT2D eigenvalue weighted by molar-refractivity contribution is 7.99. The molecule has 0 amide bonds. The molecule has 0 bridgehead atoms. The third-order valence-electron chi connectivity index (χ3n) is 1.23. The quantitative estimate of drug-likeness (QED) is 0.475. The van der Waals surface area contributed by atoms with E-state index in [1.54, 1.807) is 0 Å². The molecule has 0 aromatic heterocycles. The number of carbonyl (C=O) groups excluding carboxylic acids is 1. The number of rotatable bonds is 6. The Bertz CT molecular complexity index is 124. The smallest absolute Gasteiger partial charge is 0.305 e. The van der Waals surface area contributed by atoms with Crippen LogP contribution in [0.3, 0.4) is 0 Å². The van der Waals surface area contributed by atoms with Crippen molar-refractivity contribution in [1.29, 1.82) is 0 Å². The van der Waals surface area contributed by atoms with E-state index in [4.69, 9.17) is 4.74 Å². The molecule has 0 rings (SSSR count). The molecule has 3 heteroatoms. The number of carbonyl (C=O) groups is 1. The predicted molar refractivity (Wildman–Crippen MR) is 53.4 cm³/mol. The first-order valence-corrected chi connectivity index (χ1v) is 5.55. The lowest BCUT2D eigenvalue weighted by atomic mass is 10.3. The Labute approximate surface area is 79.1 Å². The first-order valence-electron chi connectivity index (χ1n) is 4.40. The number of ether oxygens (including phenoxy) is 1. The molecule has 0 aromatic carbocycles. The topological polar surface area (TPSA) is 26.3 Å². The lowest BCUT2D eigenvalue weighted by Gasteiger charge is -2.04. The Hall–Kier alpha value is -0.180. The van der Waals surface area contributed by atoms with Crippen LogP contribution in [0, 0.1) is 5.92 Å². The zero-order valence-corrected chi connectivity index (χ0v) is 8.95. The van der Waals surface area contributed by atoms with Crippen LogP contribution >= 0.6 is 11.8 Å². The number of esters is 1. The standard InChI is InChI=1S/C9H18O2S/c1-4-9(10)11-5-6-12-7-8(2)3/h8H,4-7H2,1-3H3. The molecule has 0 saturated carbocycles. The molecule has 2 nitrogen and oxygen atoms in total. The lowest BCUT2D eigenvalue weighted by molar-refractivity contribution is -0.142. The highest BCUT2D eigenvalue weighted by Crippen LogP contribution is 2.06. The molecule has 0 aromatic rings. The highest BCUT2D eigenvalue weighted by Gasteiger charge is 1.98. The fraction of sp³-hybridized carbons (Fsp3) is 0.889. The SMILES string of the molecule is CCC(=O)OCCSCC(C)C. The molecule has 0 aliphatic rings. The fourth-order valence-electron chi connectivity index (χ4n) is 0.636. The van der Waals surface area contributed by atoms with Gasteiger partial charge in [-0.15, -0.1) is 0 Å². The van der Waals surface area contributed by atoms with E-state index in [1.165, 1.54) is 0 Å². The van der Waals surface area contributed by atoms with Crippen molar-refractivity contribution in [3.63, 3.8) is 0 Å².